The molecule has 0 heterocycles. The molecule has 2 N–H and O–H groups in total. The maximum absolute atomic E-state index is 5.28. The van der Waals surface area contributed by atoms with Crippen molar-refractivity contribution in [3.05, 3.63) is 42.0 Å². The normalized spacial score (nSPS) is 11.1. The van der Waals surface area contributed by atoms with Gasteiger partial charge in [0.05, 0.1) is 0 Å². The SMILES string of the molecule is CC(C)NC(=S)Nc1ccc2ccc(C(C)C)cc2c1. The number of anilines is 1. The second kappa shape index (κ2) is 6.23. The molecule has 0 saturated carbocycles. The predicted octanol–water partition coefficient (Wildman–Crippen LogP) is 4.66. The molecule has 0 aromatic heterocycles. The molecule has 2 aromatic carbocycles. The highest BCUT2D eigenvalue weighted by Crippen LogP contribution is 2.24. The van der Waals surface area contributed by atoms with Gasteiger partial charge in [0, 0.05) is 11.7 Å². The minimum Gasteiger partial charge on any atom is -0.360 e. The zero-order valence-electron chi connectivity index (χ0n) is 12.5. The van der Waals surface area contributed by atoms with E-state index in [0.29, 0.717) is 17.1 Å². The monoisotopic (exact) mass is 286 g/mol. The largest absolute Gasteiger partial charge is 0.360 e. The molecular weight excluding hydrogens is 264 g/mol. The Morgan fingerprint density at radius 3 is 2.30 bits per heavy atom. The van der Waals surface area contributed by atoms with Crippen LogP contribution in [0.25, 0.3) is 10.8 Å². The van der Waals surface area contributed by atoms with Crippen LogP contribution < -0.4 is 10.6 Å². The van der Waals surface area contributed by atoms with Gasteiger partial charge >= 0.3 is 0 Å². The standard InChI is InChI=1S/C17H22N2S/c1-11(2)14-6-5-13-7-8-16(10-15(13)9-14)19-17(20)18-12(3)4/h5-12H,1-4H3,(H2,18,19,20). The predicted molar refractivity (Wildman–Crippen MR) is 92.5 cm³/mol. The molecule has 0 atom stereocenters. The van der Waals surface area contributed by atoms with Crippen molar-refractivity contribution >= 4 is 33.8 Å². The number of nitrogens with one attached hydrogen (secondary N) is 2. The number of hydrogen-bond acceptors (Lipinski definition) is 1. The lowest BCUT2D eigenvalue weighted by Gasteiger charge is -2.14. The molecule has 20 heavy (non-hydrogen) atoms. The Kier molecular flexibility index (Phi) is 4.61. The molecule has 0 bridgehead atoms. The molecule has 2 aromatic rings. The van der Waals surface area contributed by atoms with Gasteiger partial charge in [-0.05, 0) is 60.5 Å². The molecule has 0 spiro atoms. The number of fused-ring (bicyclic) bond motifs is 1. The van der Waals surface area contributed by atoms with Gasteiger partial charge in [0.1, 0.15) is 0 Å². The van der Waals surface area contributed by atoms with Crippen LogP contribution in [0.5, 0.6) is 0 Å². The van der Waals surface area contributed by atoms with Crippen molar-refractivity contribution < 1.29 is 0 Å². The first-order valence-electron chi connectivity index (χ1n) is 7.07. The van der Waals surface area contributed by atoms with Crippen LogP contribution in [0.3, 0.4) is 0 Å². The summed E-state index contributed by atoms with van der Waals surface area (Å²) >= 11 is 5.28. The van der Waals surface area contributed by atoms with Crippen LogP contribution in [0.15, 0.2) is 36.4 Å². The van der Waals surface area contributed by atoms with Crippen LogP contribution in [0.2, 0.25) is 0 Å². The Hall–Kier alpha value is -1.61. The molecule has 0 radical (unpaired) electrons. The Balaban J connectivity index is 2.25. The topological polar surface area (TPSA) is 24.1 Å². The molecule has 2 nitrogen and oxygen atoms in total. The fourth-order valence-corrected chi connectivity index (χ4v) is 2.49. The Bertz CT molecular complexity index is 617. The van der Waals surface area contributed by atoms with Gasteiger partial charge in [-0.1, -0.05) is 38.1 Å². The van der Waals surface area contributed by atoms with Crippen molar-refractivity contribution in [2.24, 2.45) is 0 Å². The first-order chi connectivity index (χ1) is 9.45. The van der Waals surface area contributed by atoms with Gasteiger partial charge in [0.25, 0.3) is 0 Å². The van der Waals surface area contributed by atoms with Gasteiger partial charge < -0.3 is 10.6 Å². The van der Waals surface area contributed by atoms with E-state index < -0.39 is 0 Å². The molecule has 0 fully saturated rings. The highest BCUT2D eigenvalue weighted by molar-refractivity contribution is 7.80. The van der Waals surface area contributed by atoms with E-state index in [1.165, 1.54) is 16.3 Å². The smallest absolute Gasteiger partial charge is 0.170 e. The summed E-state index contributed by atoms with van der Waals surface area (Å²) in [5.41, 5.74) is 2.38. The number of rotatable bonds is 3. The van der Waals surface area contributed by atoms with Crippen molar-refractivity contribution in [1.82, 2.24) is 5.32 Å². The first-order valence-corrected chi connectivity index (χ1v) is 7.48. The van der Waals surface area contributed by atoms with Gasteiger partial charge in [0.2, 0.25) is 0 Å². The lowest BCUT2D eigenvalue weighted by Crippen LogP contribution is -2.33. The van der Waals surface area contributed by atoms with Gasteiger partial charge in [-0.15, -0.1) is 0 Å². The molecule has 0 unspecified atom stereocenters. The maximum Gasteiger partial charge on any atom is 0.170 e. The highest BCUT2D eigenvalue weighted by atomic mass is 32.1. The van der Waals surface area contributed by atoms with Crippen molar-refractivity contribution in [1.29, 1.82) is 0 Å². The van der Waals surface area contributed by atoms with Crippen LogP contribution in [-0.4, -0.2) is 11.2 Å². The molecule has 0 saturated heterocycles. The molecule has 2 rings (SSSR count). The highest BCUT2D eigenvalue weighted by Gasteiger charge is 2.03. The van der Waals surface area contributed by atoms with E-state index in [1.54, 1.807) is 0 Å². The van der Waals surface area contributed by atoms with E-state index in [9.17, 15) is 0 Å². The van der Waals surface area contributed by atoms with E-state index >= 15 is 0 Å². The fourth-order valence-electron chi connectivity index (χ4n) is 2.13. The minimum absolute atomic E-state index is 0.336. The minimum atomic E-state index is 0.336. The first kappa shape index (κ1) is 14.8. The fraction of sp³-hybridized carbons (Fsp3) is 0.353. The van der Waals surface area contributed by atoms with Gasteiger partial charge in [-0.2, -0.15) is 0 Å². The number of benzene rings is 2. The van der Waals surface area contributed by atoms with Crippen LogP contribution >= 0.6 is 12.2 Å². The molecule has 0 aliphatic heterocycles. The summed E-state index contributed by atoms with van der Waals surface area (Å²) in [4.78, 5) is 0. The van der Waals surface area contributed by atoms with E-state index in [-0.39, 0.29) is 0 Å². The van der Waals surface area contributed by atoms with E-state index in [0.717, 1.165) is 5.69 Å². The van der Waals surface area contributed by atoms with Gasteiger partial charge in [-0.3, -0.25) is 0 Å². The van der Waals surface area contributed by atoms with Crippen molar-refractivity contribution in [2.45, 2.75) is 39.7 Å². The molecule has 0 amide bonds. The van der Waals surface area contributed by atoms with Crippen LogP contribution in [0.4, 0.5) is 5.69 Å². The Labute approximate surface area is 126 Å². The third-order valence-electron chi connectivity index (χ3n) is 3.21. The summed E-state index contributed by atoms with van der Waals surface area (Å²) in [6.45, 7) is 8.57. The molecule has 3 heteroatoms. The molecule has 0 aliphatic rings. The molecular formula is C17H22N2S. The summed E-state index contributed by atoms with van der Waals surface area (Å²) < 4.78 is 0. The van der Waals surface area contributed by atoms with Gasteiger partial charge in [-0.25, -0.2) is 0 Å². The maximum atomic E-state index is 5.28. The number of hydrogen-bond donors (Lipinski definition) is 2. The summed E-state index contributed by atoms with van der Waals surface area (Å²) in [7, 11) is 0. The van der Waals surface area contributed by atoms with Gasteiger partial charge in [0.15, 0.2) is 5.11 Å². The quantitative estimate of drug-likeness (QED) is 0.803. The molecule has 106 valence electrons. The lowest BCUT2D eigenvalue weighted by atomic mass is 9.99. The second-order valence-electron chi connectivity index (χ2n) is 5.73. The average Bonchev–Trinajstić information content (AvgIpc) is 2.36. The Morgan fingerprint density at radius 2 is 1.65 bits per heavy atom. The van der Waals surface area contributed by atoms with Crippen molar-refractivity contribution in [3.63, 3.8) is 0 Å². The number of thiocarbonyl (C=S) groups is 1. The third-order valence-corrected chi connectivity index (χ3v) is 3.43. The molecule has 0 aliphatic carbocycles. The lowest BCUT2D eigenvalue weighted by molar-refractivity contribution is 0.739. The summed E-state index contributed by atoms with van der Waals surface area (Å²) in [6, 6.07) is 13.3. The second-order valence-corrected chi connectivity index (χ2v) is 6.14. The average molecular weight is 286 g/mol. The summed E-state index contributed by atoms with van der Waals surface area (Å²) in [5.74, 6) is 0.541. The van der Waals surface area contributed by atoms with Crippen LogP contribution in [-0.2, 0) is 0 Å². The van der Waals surface area contributed by atoms with E-state index in [4.69, 9.17) is 12.2 Å². The third kappa shape index (κ3) is 3.70. The van der Waals surface area contributed by atoms with Crippen molar-refractivity contribution in [2.75, 3.05) is 5.32 Å². The van der Waals surface area contributed by atoms with Crippen LogP contribution in [0, 0.1) is 0 Å². The summed E-state index contributed by atoms with van der Waals surface area (Å²) in [5, 5.41) is 9.59. The van der Waals surface area contributed by atoms with Crippen molar-refractivity contribution in [3.8, 4) is 0 Å². The van der Waals surface area contributed by atoms with E-state index in [1.807, 2.05) is 0 Å². The summed E-state index contributed by atoms with van der Waals surface area (Å²) in [6.07, 6.45) is 0. The van der Waals surface area contributed by atoms with Crippen LogP contribution in [0.1, 0.15) is 39.2 Å². The zero-order chi connectivity index (χ0) is 14.7. The van der Waals surface area contributed by atoms with E-state index in [2.05, 4.69) is 74.7 Å². The zero-order valence-corrected chi connectivity index (χ0v) is 13.3. The Morgan fingerprint density at radius 1 is 0.950 bits per heavy atom.